The zero-order valence-electron chi connectivity index (χ0n) is 10.3. The number of likely N-dealkylation sites (N-methyl/N-ethyl adjacent to an activating group) is 1. The molecule has 0 radical (unpaired) electrons. The van der Waals surface area contributed by atoms with Crippen LogP contribution in [-0.2, 0) is 17.8 Å². The van der Waals surface area contributed by atoms with E-state index in [2.05, 4.69) is 5.32 Å². The molecule has 2 rings (SSSR count). The Balaban J connectivity index is 2.11. The fraction of sp³-hybridized carbons (Fsp3) is 0.615. The minimum atomic E-state index is -0.358. The van der Waals surface area contributed by atoms with Crippen LogP contribution in [0.15, 0.2) is 12.4 Å². The zero-order valence-corrected chi connectivity index (χ0v) is 10.3. The monoisotopic (exact) mass is 236 g/mol. The number of amides is 1. The third kappa shape index (κ3) is 2.88. The molecule has 0 saturated heterocycles. The third-order valence-corrected chi connectivity index (χ3v) is 3.23. The average Bonchev–Trinajstić information content (AvgIpc) is 2.60. The summed E-state index contributed by atoms with van der Waals surface area (Å²) in [4.78, 5) is 11.5. The molecule has 4 nitrogen and oxygen atoms in total. The summed E-state index contributed by atoms with van der Waals surface area (Å²) in [7, 11) is 0. The first kappa shape index (κ1) is 12.2. The van der Waals surface area contributed by atoms with Gasteiger partial charge in [0.15, 0.2) is 0 Å². The van der Waals surface area contributed by atoms with Gasteiger partial charge in [-0.2, -0.15) is 0 Å². The lowest BCUT2D eigenvalue weighted by Gasteiger charge is -2.06. The maximum absolute atomic E-state index is 11.5. The molecule has 0 saturated carbocycles. The van der Waals surface area contributed by atoms with Gasteiger partial charge < -0.3 is 15.0 Å². The molecular formula is C13H20N2O2. The van der Waals surface area contributed by atoms with Gasteiger partial charge in [0.25, 0.3) is 0 Å². The molecule has 1 aromatic rings. The van der Waals surface area contributed by atoms with E-state index in [1.165, 1.54) is 5.56 Å². The standard InChI is InChI=1S/C13H20N2O2/c1-2-14-13(17)9-15-7-10-5-3-4-6-12(16)11(10)8-15/h7-8,12,16H,2-6,9H2,1H3,(H,14,17). The van der Waals surface area contributed by atoms with E-state index >= 15 is 0 Å². The first-order valence-corrected chi connectivity index (χ1v) is 6.34. The minimum Gasteiger partial charge on any atom is -0.388 e. The van der Waals surface area contributed by atoms with Crippen molar-refractivity contribution in [2.45, 2.75) is 45.3 Å². The Morgan fingerprint density at radius 3 is 3.12 bits per heavy atom. The second-order valence-corrected chi connectivity index (χ2v) is 4.63. The van der Waals surface area contributed by atoms with Crippen molar-refractivity contribution >= 4 is 5.91 Å². The average molecular weight is 236 g/mol. The maximum atomic E-state index is 11.5. The zero-order chi connectivity index (χ0) is 12.3. The Labute approximate surface area is 102 Å². The Morgan fingerprint density at radius 2 is 2.35 bits per heavy atom. The molecule has 0 spiro atoms. The highest BCUT2D eigenvalue weighted by Gasteiger charge is 2.18. The van der Waals surface area contributed by atoms with Gasteiger partial charge in [-0.15, -0.1) is 0 Å². The van der Waals surface area contributed by atoms with E-state index in [1.54, 1.807) is 0 Å². The summed E-state index contributed by atoms with van der Waals surface area (Å²) in [5, 5.41) is 12.8. The van der Waals surface area contributed by atoms with Gasteiger partial charge in [-0.1, -0.05) is 6.42 Å². The van der Waals surface area contributed by atoms with Gasteiger partial charge >= 0.3 is 0 Å². The molecule has 4 heteroatoms. The van der Waals surface area contributed by atoms with Crippen molar-refractivity contribution in [3.05, 3.63) is 23.5 Å². The molecule has 1 unspecified atom stereocenters. The van der Waals surface area contributed by atoms with Crippen molar-refractivity contribution in [1.82, 2.24) is 9.88 Å². The van der Waals surface area contributed by atoms with E-state index in [9.17, 15) is 9.90 Å². The quantitative estimate of drug-likeness (QED) is 0.779. The highest BCUT2D eigenvalue weighted by atomic mass is 16.3. The number of nitrogens with one attached hydrogen (secondary N) is 1. The normalized spacial score (nSPS) is 19.5. The molecular weight excluding hydrogens is 216 g/mol. The summed E-state index contributed by atoms with van der Waals surface area (Å²) >= 11 is 0. The topological polar surface area (TPSA) is 54.3 Å². The van der Waals surface area contributed by atoms with Crippen LogP contribution in [0, 0.1) is 0 Å². The smallest absolute Gasteiger partial charge is 0.239 e. The van der Waals surface area contributed by atoms with Gasteiger partial charge in [0, 0.05) is 24.5 Å². The van der Waals surface area contributed by atoms with E-state index in [4.69, 9.17) is 0 Å². The molecule has 1 aliphatic rings. The Morgan fingerprint density at radius 1 is 1.53 bits per heavy atom. The van der Waals surface area contributed by atoms with E-state index in [1.807, 2.05) is 23.9 Å². The van der Waals surface area contributed by atoms with Crippen LogP contribution in [0.3, 0.4) is 0 Å². The van der Waals surface area contributed by atoms with Crippen LogP contribution < -0.4 is 5.32 Å². The highest BCUT2D eigenvalue weighted by Crippen LogP contribution is 2.29. The third-order valence-electron chi connectivity index (χ3n) is 3.23. The van der Waals surface area contributed by atoms with Gasteiger partial charge in [0.05, 0.1) is 6.10 Å². The summed E-state index contributed by atoms with van der Waals surface area (Å²) < 4.78 is 1.88. The lowest BCUT2D eigenvalue weighted by atomic mass is 10.1. The molecule has 0 fully saturated rings. The lowest BCUT2D eigenvalue weighted by molar-refractivity contribution is -0.121. The van der Waals surface area contributed by atoms with E-state index < -0.39 is 0 Å². The Bertz CT molecular complexity index is 398. The van der Waals surface area contributed by atoms with Gasteiger partial charge in [0.2, 0.25) is 5.91 Å². The molecule has 0 aromatic carbocycles. The summed E-state index contributed by atoms with van der Waals surface area (Å²) in [5.41, 5.74) is 2.20. The van der Waals surface area contributed by atoms with Crippen molar-refractivity contribution < 1.29 is 9.90 Å². The largest absolute Gasteiger partial charge is 0.388 e. The molecule has 1 heterocycles. The second-order valence-electron chi connectivity index (χ2n) is 4.63. The van der Waals surface area contributed by atoms with E-state index in [0.29, 0.717) is 13.1 Å². The minimum absolute atomic E-state index is 0.0205. The summed E-state index contributed by atoms with van der Waals surface area (Å²) in [6, 6.07) is 0. The molecule has 1 aliphatic carbocycles. The summed E-state index contributed by atoms with van der Waals surface area (Å²) in [5.74, 6) is 0.0205. The predicted molar refractivity (Wildman–Crippen MR) is 65.6 cm³/mol. The van der Waals surface area contributed by atoms with E-state index in [-0.39, 0.29) is 12.0 Å². The molecule has 17 heavy (non-hydrogen) atoms. The number of fused-ring (bicyclic) bond motifs is 1. The van der Waals surface area contributed by atoms with Crippen LogP contribution in [0.1, 0.15) is 43.4 Å². The lowest BCUT2D eigenvalue weighted by Crippen LogP contribution is -2.26. The number of aryl methyl sites for hydroxylation is 1. The van der Waals surface area contributed by atoms with Crippen molar-refractivity contribution in [3.63, 3.8) is 0 Å². The molecule has 0 aliphatic heterocycles. The van der Waals surface area contributed by atoms with Crippen molar-refractivity contribution in [2.75, 3.05) is 6.54 Å². The Hall–Kier alpha value is -1.29. The first-order chi connectivity index (χ1) is 8.20. The number of aliphatic hydroxyl groups excluding tert-OH is 1. The van der Waals surface area contributed by atoms with Crippen molar-refractivity contribution in [3.8, 4) is 0 Å². The van der Waals surface area contributed by atoms with Crippen LogP contribution in [0.5, 0.6) is 0 Å². The maximum Gasteiger partial charge on any atom is 0.239 e. The molecule has 1 aromatic heterocycles. The second kappa shape index (κ2) is 5.36. The van der Waals surface area contributed by atoms with Crippen LogP contribution in [0.25, 0.3) is 0 Å². The van der Waals surface area contributed by atoms with Gasteiger partial charge in [-0.3, -0.25) is 4.79 Å². The number of carbonyl (C=O) groups excluding carboxylic acids is 1. The van der Waals surface area contributed by atoms with Gasteiger partial charge in [0.1, 0.15) is 6.54 Å². The Kier molecular flexibility index (Phi) is 3.84. The van der Waals surface area contributed by atoms with Crippen LogP contribution >= 0.6 is 0 Å². The van der Waals surface area contributed by atoms with E-state index in [0.717, 1.165) is 31.2 Å². The summed E-state index contributed by atoms with van der Waals surface area (Å²) in [6.45, 7) is 2.91. The SMILES string of the molecule is CCNC(=O)Cn1cc2c(c1)C(O)CCCC2. The fourth-order valence-electron chi connectivity index (χ4n) is 2.40. The number of hydrogen-bond donors (Lipinski definition) is 2. The van der Waals surface area contributed by atoms with Gasteiger partial charge in [-0.05, 0) is 31.7 Å². The fourth-order valence-corrected chi connectivity index (χ4v) is 2.40. The summed E-state index contributed by atoms with van der Waals surface area (Å²) in [6.07, 6.45) is 7.59. The number of aliphatic hydroxyl groups is 1. The highest BCUT2D eigenvalue weighted by molar-refractivity contribution is 5.75. The van der Waals surface area contributed by atoms with Crippen LogP contribution in [0.4, 0.5) is 0 Å². The molecule has 2 N–H and O–H groups in total. The van der Waals surface area contributed by atoms with Crippen LogP contribution in [-0.4, -0.2) is 22.1 Å². The predicted octanol–water partition coefficient (Wildman–Crippen LogP) is 1.38. The number of hydrogen-bond acceptors (Lipinski definition) is 2. The van der Waals surface area contributed by atoms with Gasteiger partial charge in [-0.25, -0.2) is 0 Å². The van der Waals surface area contributed by atoms with Crippen LogP contribution in [0.2, 0.25) is 0 Å². The molecule has 1 atom stereocenters. The molecule has 1 amide bonds. The number of carbonyl (C=O) groups is 1. The number of nitrogens with zero attached hydrogens (tertiary/aromatic N) is 1. The molecule has 94 valence electrons. The molecule has 0 bridgehead atoms. The number of aromatic nitrogens is 1. The first-order valence-electron chi connectivity index (χ1n) is 6.34. The number of rotatable bonds is 3. The van der Waals surface area contributed by atoms with Crippen molar-refractivity contribution in [2.24, 2.45) is 0 Å². The van der Waals surface area contributed by atoms with Crippen molar-refractivity contribution in [1.29, 1.82) is 0 Å².